The second-order valence-electron chi connectivity index (χ2n) is 7.72. The second-order valence-corrected chi connectivity index (χ2v) is 8.51. The van der Waals surface area contributed by atoms with Crippen LogP contribution in [0.2, 0.25) is 10.0 Å². The lowest BCUT2D eigenvalue weighted by atomic mass is 10.2. The minimum absolute atomic E-state index is 0.615. The third kappa shape index (κ3) is 5.87. The van der Waals surface area contributed by atoms with Crippen molar-refractivity contribution in [3.8, 4) is 11.4 Å². The van der Waals surface area contributed by atoms with Crippen molar-refractivity contribution < 1.29 is 0 Å². The molecule has 3 rings (SSSR count). The molecule has 0 saturated heterocycles. The van der Waals surface area contributed by atoms with Crippen LogP contribution in [0.25, 0.3) is 11.4 Å². The fourth-order valence-corrected chi connectivity index (χ4v) is 4.04. The SMILES string of the molecule is CCCCN(Cc1cccc(Cl)c1Cl)Cc1cnc(-c2ccccc2)n1CCCC. The minimum atomic E-state index is 0.615. The molecule has 0 amide bonds. The predicted octanol–water partition coefficient (Wildman–Crippen LogP) is 7.46. The normalized spacial score (nSPS) is 11.4. The highest BCUT2D eigenvalue weighted by Crippen LogP contribution is 2.28. The number of imidazole rings is 1. The molecule has 0 N–H and O–H groups in total. The molecule has 0 aliphatic carbocycles. The zero-order chi connectivity index (χ0) is 21.3. The number of benzene rings is 2. The summed E-state index contributed by atoms with van der Waals surface area (Å²) in [5.41, 5.74) is 3.48. The van der Waals surface area contributed by atoms with Crippen molar-refractivity contribution in [3.05, 3.63) is 76.0 Å². The zero-order valence-corrected chi connectivity index (χ0v) is 19.5. The van der Waals surface area contributed by atoms with Crippen molar-refractivity contribution in [2.75, 3.05) is 6.54 Å². The van der Waals surface area contributed by atoms with Crippen LogP contribution in [-0.2, 0) is 19.6 Å². The number of hydrogen-bond acceptors (Lipinski definition) is 2. The van der Waals surface area contributed by atoms with E-state index in [0.717, 1.165) is 68.8 Å². The highest BCUT2D eigenvalue weighted by molar-refractivity contribution is 6.42. The van der Waals surface area contributed by atoms with Gasteiger partial charge in [0.25, 0.3) is 0 Å². The Hall–Kier alpha value is -1.81. The van der Waals surface area contributed by atoms with E-state index in [4.69, 9.17) is 28.2 Å². The van der Waals surface area contributed by atoms with Crippen LogP contribution in [0, 0.1) is 0 Å². The maximum Gasteiger partial charge on any atom is 0.140 e. The molecule has 0 fully saturated rings. The number of hydrogen-bond donors (Lipinski definition) is 0. The van der Waals surface area contributed by atoms with Gasteiger partial charge in [0.15, 0.2) is 0 Å². The van der Waals surface area contributed by atoms with Crippen LogP contribution < -0.4 is 0 Å². The molecule has 0 spiro atoms. The third-order valence-corrected chi connectivity index (χ3v) is 6.20. The van der Waals surface area contributed by atoms with Crippen LogP contribution in [0.3, 0.4) is 0 Å². The fourth-order valence-electron chi connectivity index (χ4n) is 3.66. The van der Waals surface area contributed by atoms with E-state index in [1.54, 1.807) is 0 Å². The summed E-state index contributed by atoms with van der Waals surface area (Å²) in [4.78, 5) is 7.25. The van der Waals surface area contributed by atoms with Gasteiger partial charge in [0.05, 0.1) is 21.9 Å². The molecule has 0 bridgehead atoms. The van der Waals surface area contributed by atoms with Gasteiger partial charge in [0, 0.05) is 25.2 Å². The molecule has 2 aromatic carbocycles. The lowest BCUT2D eigenvalue weighted by molar-refractivity contribution is 0.246. The molecule has 0 aliphatic rings. The van der Waals surface area contributed by atoms with Gasteiger partial charge in [-0.1, -0.05) is 92.4 Å². The first-order chi connectivity index (χ1) is 14.6. The molecule has 5 heteroatoms. The van der Waals surface area contributed by atoms with E-state index in [-0.39, 0.29) is 0 Å². The van der Waals surface area contributed by atoms with E-state index in [1.807, 2.05) is 24.4 Å². The zero-order valence-electron chi connectivity index (χ0n) is 18.0. The predicted molar refractivity (Wildman–Crippen MR) is 128 cm³/mol. The Morgan fingerprint density at radius 1 is 0.900 bits per heavy atom. The van der Waals surface area contributed by atoms with Crippen LogP contribution in [0.15, 0.2) is 54.7 Å². The summed E-state index contributed by atoms with van der Waals surface area (Å²) < 4.78 is 2.39. The largest absolute Gasteiger partial charge is 0.327 e. The first kappa shape index (κ1) is 22.9. The molecule has 1 heterocycles. The van der Waals surface area contributed by atoms with Crippen LogP contribution in [-0.4, -0.2) is 21.0 Å². The van der Waals surface area contributed by atoms with E-state index in [2.05, 4.69) is 53.6 Å². The van der Waals surface area contributed by atoms with Crippen LogP contribution in [0.4, 0.5) is 0 Å². The summed E-state index contributed by atoms with van der Waals surface area (Å²) >= 11 is 12.7. The molecule has 0 saturated carbocycles. The van der Waals surface area contributed by atoms with Gasteiger partial charge in [0.2, 0.25) is 0 Å². The van der Waals surface area contributed by atoms with Gasteiger partial charge in [-0.2, -0.15) is 0 Å². The number of halogens is 2. The van der Waals surface area contributed by atoms with Crippen molar-refractivity contribution in [2.45, 2.75) is 59.2 Å². The van der Waals surface area contributed by atoms with Crippen molar-refractivity contribution in [1.29, 1.82) is 0 Å². The maximum atomic E-state index is 6.48. The van der Waals surface area contributed by atoms with Gasteiger partial charge in [-0.25, -0.2) is 4.98 Å². The van der Waals surface area contributed by atoms with Crippen LogP contribution in [0.5, 0.6) is 0 Å². The summed E-state index contributed by atoms with van der Waals surface area (Å²) in [6.07, 6.45) is 6.63. The Labute approximate surface area is 190 Å². The molecule has 3 nitrogen and oxygen atoms in total. The Morgan fingerprint density at radius 2 is 1.67 bits per heavy atom. The quantitative estimate of drug-likeness (QED) is 0.306. The minimum Gasteiger partial charge on any atom is -0.327 e. The van der Waals surface area contributed by atoms with Crippen molar-refractivity contribution >= 4 is 23.2 Å². The molecule has 1 aromatic heterocycles. The monoisotopic (exact) mass is 443 g/mol. The average molecular weight is 444 g/mol. The van der Waals surface area contributed by atoms with Crippen LogP contribution in [0.1, 0.15) is 50.8 Å². The van der Waals surface area contributed by atoms with Crippen molar-refractivity contribution in [3.63, 3.8) is 0 Å². The molecular formula is C25H31Cl2N3. The lowest BCUT2D eigenvalue weighted by Crippen LogP contribution is -2.25. The van der Waals surface area contributed by atoms with Crippen molar-refractivity contribution in [1.82, 2.24) is 14.5 Å². The Morgan fingerprint density at radius 3 is 2.40 bits per heavy atom. The molecule has 0 atom stereocenters. The molecule has 3 aromatic rings. The number of rotatable bonds is 11. The van der Waals surface area contributed by atoms with Gasteiger partial charge in [-0.05, 0) is 31.0 Å². The first-order valence-electron chi connectivity index (χ1n) is 10.9. The van der Waals surface area contributed by atoms with E-state index >= 15 is 0 Å². The Kier molecular flexibility index (Phi) is 8.80. The molecule has 160 valence electrons. The highest BCUT2D eigenvalue weighted by atomic mass is 35.5. The van der Waals surface area contributed by atoms with E-state index in [9.17, 15) is 0 Å². The summed E-state index contributed by atoms with van der Waals surface area (Å²) in [5.74, 6) is 1.05. The highest BCUT2D eigenvalue weighted by Gasteiger charge is 2.16. The second kappa shape index (κ2) is 11.5. The molecule has 0 aliphatic heterocycles. The van der Waals surface area contributed by atoms with E-state index < -0.39 is 0 Å². The molecule has 0 unspecified atom stereocenters. The third-order valence-electron chi connectivity index (χ3n) is 5.34. The van der Waals surface area contributed by atoms with Gasteiger partial charge >= 0.3 is 0 Å². The van der Waals surface area contributed by atoms with Crippen molar-refractivity contribution in [2.24, 2.45) is 0 Å². The number of nitrogens with zero attached hydrogens (tertiary/aromatic N) is 3. The maximum absolute atomic E-state index is 6.48. The van der Waals surface area contributed by atoms with Crippen LogP contribution >= 0.6 is 23.2 Å². The summed E-state index contributed by atoms with van der Waals surface area (Å²) in [6.45, 7) is 8.07. The van der Waals surface area contributed by atoms with E-state index in [0.29, 0.717) is 10.0 Å². The summed E-state index contributed by atoms with van der Waals surface area (Å²) in [5, 5.41) is 1.27. The molecule has 30 heavy (non-hydrogen) atoms. The van der Waals surface area contributed by atoms with E-state index in [1.165, 1.54) is 5.69 Å². The lowest BCUT2D eigenvalue weighted by Gasteiger charge is -2.24. The Bertz CT molecular complexity index is 921. The average Bonchev–Trinajstić information content (AvgIpc) is 3.16. The fraction of sp³-hybridized carbons (Fsp3) is 0.400. The summed E-state index contributed by atoms with van der Waals surface area (Å²) in [6, 6.07) is 16.3. The topological polar surface area (TPSA) is 21.1 Å². The summed E-state index contributed by atoms with van der Waals surface area (Å²) in [7, 11) is 0. The van der Waals surface area contributed by atoms with Gasteiger partial charge < -0.3 is 4.57 Å². The Balaban J connectivity index is 1.87. The standard InChI is InChI=1S/C25H31Cl2N3/c1-3-5-15-29(18-21-13-10-14-23(26)24(21)27)19-22-17-28-25(30(22)16-6-4-2)20-11-8-7-9-12-20/h7-14,17H,3-6,15-16,18-19H2,1-2H3. The first-order valence-corrected chi connectivity index (χ1v) is 11.6. The van der Waals surface area contributed by atoms with Gasteiger partial charge in [-0.3, -0.25) is 4.90 Å². The van der Waals surface area contributed by atoms with Gasteiger partial charge in [0.1, 0.15) is 5.82 Å². The van der Waals surface area contributed by atoms with Gasteiger partial charge in [-0.15, -0.1) is 0 Å². The molecule has 0 radical (unpaired) electrons. The number of unbranched alkanes of at least 4 members (excludes halogenated alkanes) is 2. The smallest absolute Gasteiger partial charge is 0.140 e. The number of aromatic nitrogens is 2. The molecular weight excluding hydrogens is 413 g/mol.